The topological polar surface area (TPSA) is 84.3 Å². The van der Waals surface area contributed by atoms with Crippen molar-refractivity contribution in [1.29, 1.82) is 0 Å². The van der Waals surface area contributed by atoms with Gasteiger partial charge in [0, 0.05) is 30.5 Å². The lowest BCUT2D eigenvalue weighted by molar-refractivity contribution is -0.125. The smallest absolute Gasteiger partial charge is 0.283 e. The Hall–Kier alpha value is -2.39. The summed E-state index contributed by atoms with van der Waals surface area (Å²) in [5.41, 5.74) is 0.520. The lowest BCUT2D eigenvalue weighted by Gasteiger charge is -2.31. The van der Waals surface area contributed by atoms with E-state index in [1.807, 2.05) is 6.07 Å². The van der Waals surface area contributed by atoms with Crippen LogP contribution in [0.25, 0.3) is 10.9 Å². The molecule has 29 heavy (non-hydrogen) atoms. The van der Waals surface area contributed by atoms with Crippen LogP contribution < -0.4 is 10.2 Å². The molecule has 0 atom stereocenters. The van der Waals surface area contributed by atoms with Gasteiger partial charge in [-0.1, -0.05) is 24.3 Å². The van der Waals surface area contributed by atoms with Gasteiger partial charge in [0.25, 0.3) is 10.0 Å². The molecule has 1 amide bonds. The van der Waals surface area contributed by atoms with Crippen LogP contribution in [0, 0.1) is 5.92 Å². The largest absolute Gasteiger partial charge is 0.359 e. The van der Waals surface area contributed by atoms with E-state index in [0.717, 1.165) is 13.9 Å². The molecule has 1 saturated heterocycles. The van der Waals surface area contributed by atoms with E-state index in [1.165, 1.54) is 0 Å². The number of fused-ring (bicyclic) bond motifs is 1. The SMILES string of the molecule is CNC(=O)C1CCN(c2nn(S(=O)(=O)c3ccccc3)c3cccc(Br)c23)CC1. The summed E-state index contributed by atoms with van der Waals surface area (Å²) < 4.78 is 28.4. The van der Waals surface area contributed by atoms with E-state index in [9.17, 15) is 13.2 Å². The zero-order chi connectivity index (χ0) is 20.6. The molecular formula is C20H21BrN4O3S. The molecule has 2 heterocycles. The van der Waals surface area contributed by atoms with E-state index < -0.39 is 10.0 Å². The van der Waals surface area contributed by atoms with E-state index in [1.54, 1.807) is 49.5 Å². The Morgan fingerprint density at radius 1 is 1.10 bits per heavy atom. The van der Waals surface area contributed by atoms with Gasteiger partial charge in [-0.2, -0.15) is 12.5 Å². The highest BCUT2D eigenvalue weighted by molar-refractivity contribution is 9.10. The third-order valence-electron chi connectivity index (χ3n) is 5.29. The Morgan fingerprint density at radius 3 is 2.45 bits per heavy atom. The number of anilines is 1. The average Bonchev–Trinajstić information content (AvgIpc) is 3.16. The minimum Gasteiger partial charge on any atom is -0.359 e. The van der Waals surface area contributed by atoms with E-state index in [4.69, 9.17) is 0 Å². The van der Waals surface area contributed by atoms with Gasteiger partial charge in [-0.05, 0) is 53.0 Å². The summed E-state index contributed by atoms with van der Waals surface area (Å²) in [5.74, 6) is 0.635. The summed E-state index contributed by atoms with van der Waals surface area (Å²) in [4.78, 5) is 14.2. The van der Waals surface area contributed by atoms with Gasteiger partial charge in [-0.25, -0.2) is 0 Å². The molecule has 1 fully saturated rings. The molecule has 1 aliphatic rings. The van der Waals surface area contributed by atoms with Crippen molar-refractivity contribution in [3.05, 3.63) is 53.0 Å². The molecule has 0 aliphatic carbocycles. The number of benzene rings is 2. The van der Waals surface area contributed by atoms with E-state index in [2.05, 4.69) is 31.2 Å². The van der Waals surface area contributed by atoms with Crippen LogP contribution in [0.5, 0.6) is 0 Å². The maximum atomic E-state index is 13.2. The predicted molar refractivity (Wildman–Crippen MR) is 115 cm³/mol. The first-order chi connectivity index (χ1) is 13.9. The summed E-state index contributed by atoms with van der Waals surface area (Å²) in [6.07, 6.45) is 1.40. The highest BCUT2D eigenvalue weighted by Gasteiger charge is 2.30. The second-order valence-electron chi connectivity index (χ2n) is 6.99. The molecule has 4 rings (SSSR count). The first-order valence-corrected chi connectivity index (χ1v) is 11.6. The van der Waals surface area contributed by atoms with Gasteiger partial charge >= 0.3 is 0 Å². The lowest BCUT2D eigenvalue weighted by Crippen LogP contribution is -2.39. The molecule has 3 aromatic rings. The van der Waals surface area contributed by atoms with Crippen LogP contribution in [0.15, 0.2) is 57.9 Å². The molecule has 0 bridgehead atoms. The molecule has 0 radical (unpaired) electrons. The fourth-order valence-corrected chi connectivity index (χ4v) is 5.57. The number of carbonyl (C=O) groups excluding carboxylic acids is 1. The quantitative estimate of drug-likeness (QED) is 0.625. The second kappa shape index (κ2) is 7.79. The summed E-state index contributed by atoms with van der Waals surface area (Å²) in [6.45, 7) is 1.27. The normalized spacial score (nSPS) is 15.6. The van der Waals surface area contributed by atoms with Gasteiger partial charge in [0.05, 0.1) is 15.8 Å². The van der Waals surface area contributed by atoms with Crippen LogP contribution in [0.4, 0.5) is 5.82 Å². The number of hydrogen-bond acceptors (Lipinski definition) is 5. The maximum absolute atomic E-state index is 13.2. The highest BCUT2D eigenvalue weighted by atomic mass is 79.9. The van der Waals surface area contributed by atoms with E-state index in [-0.39, 0.29) is 16.7 Å². The summed E-state index contributed by atoms with van der Waals surface area (Å²) in [5, 5.41) is 8.00. The van der Waals surface area contributed by atoms with E-state index >= 15 is 0 Å². The van der Waals surface area contributed by atoms with Crippen molar-refractivity contribution in [2.24, 2.45) is 5.92 Å². The van der Waals surface area contributed by atoms with Gasteiger partial charge < -0.3 is 10.2 Å². The summed E-state index contributed by atoms with van der Waals surface area (Å²) >= 11 is 3.56. The summed E-state index contributed by atoms with van der Waals surface area (Å²) in [6, 6.07) is 13.7. The van der Waals surface area contributed by atoms with Crippen LogP contribution >= 0.6 is 15.9 Å². The molecule has 1 aromatic heterocycles. The van der Waals surface area contributed by atoms with Crippen LogP contribution in [0.1, 0.15) is 12.8 Å². The van der Waals surface area contributed by atoms with Crippen molar-refractivity contribution in [2.75, 3.05) is 25.0 Å². The van der Waals surface area contributed by atoms with Gasteiger partial charge in [0.15, 0.2) is 5.82 Å². The number of halogens is 1. The van der Waals surface area contributed by atoms with Gasteiger partial charge in [-0.3, -0.25) is 4.79 Å². The molecule has 0 unspecified atom stereocenters. The van der Waals surface area contributed by atoms with Crippen LogP contribution in [0.2, 0.25) is 0 Å². The van der Waals surface area contributed by atoms with Crippen molar-refractivity contribution in [3.63, 3.8) is 0 Å². The number of nitrogens with zero attached hydrogens (tertiary/aromatic N) is 3. The van der Waals surface area contributed by atoms with Crippen molar-refractivity contribution in [2.45, 2.75) is 17.7 Å². The lowest BCUT2D eigenvalue weighted by atomic mass is 9.96. The number of amides is 1. The molecule has 7 nitrogen and oxygen atoms in total. The Morgan fingerprint density at radius 2 is 1.79 bits per heavy atom. The van der Waals surface area contributed by atoms with Crippen molar-refractivity contribution in [1.82, 2.24) is 14.5 Å². The number of rotatable bonds is 4. The first-order valence-electron chi connectivity index (χ1n) is 9.38. The third-order valence-corrected chi connectivity index (χ3v) is 7.55. The van der Waals surface area contributed by atoms with Crippen molar-refractivity contribution < 1.29 is 13.2 Å². The van der Waals surface area contributed by atoms with Gasteiger partial charge in [0.2, 0.25) is 5.91 Å². The molecule has 1 N–H and O–H groups in total. The number of nitrogens with one attached hydrogen (secondary N) is 1. The Kier molecular flexibility index (Phi) is 5.35. The van der Waals surface area contributed by atoms with Gasteiger partial charge in [0.1, 0.15) is 0 Å². The third kappa shape index (κ3) is 3.53. The minimum absolute atomic E-state index is 0.0268. The van der Waals surface area contributed by atoms with Crippen LogP contribution in [0.3, 0.4) is 0 Å². The monoisotopic (exact) mass is 476 g/mol. The molecule has 0 spiro atoms. The van der Waals surface area contributed by atoms with Crippen LogP contribution in [-0.2, 0) is 14.8 Å². The molecule has 9 heteroatoms. The van der Waals surface area contributed by atoms with Gasteiger partial charge in [-0.15, -0.1) is 5.10 Å². The van der Waals surface area contributed by atoms with Crippen molar-refractivity contribution in [3.8, 4) is 0 Å². The fraction of sp³-hybridized carbons (Fsp3) is 0.300. The zero-order valence-electron chi connectivity index (χ0n) is 15.9. The van der Waals surface area contributed by atoms with Crippen molar-refractivity contribution >= 4 is 48.6 Å². The molecular weight excluding hydrogens is 456 g/mol. The Labute approximate surface area is 177 Å². The minimum atomic E-state index is -3.83. The number of carbonyl (C=O) groups is 1. The number of aromatic nitrogens is 2. The molecule has 152 valence electrons. The Bertz CT molecular complexity index is 1150. The average molecular weight is 477 g/mol. The molecule has 1 aliphatic heterocycles. The molecule has 0 saturated carbocycles. The Balaban J connectivity index is 1.78. The highest BCUT2D eigenvalue weighted by Crippen LogP contribution is 2.36. The zero-order valence-corrected chi connectivity index (χ0v) is 18.3. The fourth-order valence-electron chi connectivity index (χ4n) is 3.74. The number of piperidine rings is 1. The predicted octanol–water partition coefficient (Wildman–Crippen LogP) is 3.00. The molecule has 2 aromatic carbocycles. The standard InChI is InChI=1S/C20H21BrN4O3S/c1-22-20(26)14-10-12-24(13-11-14)19-18-16(21)8-5-9-17(18)25(23-19)29(27,28)15-6-3-2-4-7-15/h2-9,14H,10-13H2,1H3,(H,22,26). The number of hydrogen-bond donors (Lipinski definition) is 1. The van der Waals surface area contributed by atoms with E-state index in [0.29, 0.717) is 37.3 Å². The first kappa shape index (κ1) is 19.9. The second-order valence-corrected chi connectivity index (χ2v) is 9.62. The maximum Gasteiger partial charge on any atom is 0.283 e. The van der Waals surface area contributed by atoms with Crippen LogP contribution in [-0.4, -0.2) is 43.6 Å². The summed E-state index contributed by atoms with van der Waals surface area (Å²) in [7, 11) is -2.19.